The van der Waals surface area contributed by atoms with Gasteiger partial charge in [-0.25, -0.2) is 23.2 Å². The van der Waals surface area contributed by atoms with E-state index in [2.05, 4.69) is 15.1 Å². The molecule has 0 unspecified atom stereocenters. The maximum atomic E-state index is 14.0. The van der Waals surface area contributed by atoms with E-state index < -0.39 is 17.3 Å². The van der Waals surface area contributed by atoms with Gasteiger partial charge in [-0.1, -0.05) is 0 Å². The maximum absolute atomic E-state index is 14.0. The topological polar surface area (TPSA) is 53.9 Å². The molecule has 1 aromatic carbocycles. The van der Waals surface area contributed by atoms with Crippen molar-refractivity contribution in [2.75, 3.05) is 20.1 Å². The third-order valence-corrected chi connectivity index (χ3v) is 3.93. The summed E-state index contributed by atoms with van der Waals surface area (Å²) in [6, 6.07) is 3.17. The van der Waals surface area contributed by atoms with Crippen LogP contribution in [0, 0.1) is 11.6 Å². The van der Waals surface area contributed by atoms with Crippen molar-refractivity contribution in [3.63, 3.8) is 0 Å². The average molecular weight is 294 g/mol. The highest BCUT2D eigenvalue weighted by Gasteiger charge is 2.25. The molecule has 3 rings (SSSR count). The highest BCUT2D eigenvalue weighted by atomic mass is 19.1. The normalized spacial score (nSPS) is 17.3. The molecule has 112 valence electrons. The molecule has 7 heteroatoms. The molecule has 21 heavy (non-hydrogen) atoms. The molecule has 2 heterocycles. The van der Waals surface area contributed by atoms with Crippen molar-refractivity contribution in [1.29, 1.82) is 0 Å². The summed E-state index contributed by atoms with van der Waals surface area (Å²) < 4.78 is 28.2. The number of aromatic amines is 1. The second-order valence-corrected chi connectivity index (χ2v) is 5.40. The first-order valence-electron chi connectivity index (χ1n) is 6.87. The van der Waals surface area contributed by atoms with Gasteiger partial charge in [-0.2, -0.15) is 5.10 Å². The second-order valence-electron chi connectivity index (χ2n) is 5.40. The molecule has 1 fully saturated rings. The molecule has 1 aliphatic heterocycles. The molecule has 0 radical (unpaired) electrons. The molecular weight excluding hydrogens is 278 g/mol. The van der Waals surface area contributed by atoms with Gasteiger partial charge in [0, 0.05) is 12.0 Å². The summed E-state index contributed by atoms with van der Waals surface area (Å²) in [7, 11) is 2.04. The lowest BCUT2D eigenvalue weighted by molar-refractivity contribution is 0.250. The van der Waals surface area contributed by atoms with Crippen molar-refractivity contribution < 1.29 is 8.78 Å². The first kappa shape index (κ1) is 13.9. The minimum absolute atomic E-state index is 0.0316. The average Bonchev–Trinajstić information content (AvgIpc) is 2.82. The van der Waals surface area contributed by atoms with Crippen LogP contribution in [0.5, 0.6) is 0 Å². The standard InChI is InChI=1S/C14H16F2N4O/c1-19-6-4-9(5-7-19)13-17-18-14(21)20(13)12-3-2-10(15)8-11(12)16/h2-3,8-9H,4-7H2,1H3,(H,18,21). The summed E-state index contributed by atoms with van der Waals surface area (Å²) in [6.07, 6.45) is 1.70. The van der Waals surface area contributed by atoms with Crippen LogP contribution in [0.25, 0.3) is 5.69 Å². The van der Waals surface area contributed by atoms with Crippen molar-refractivity contribution in [2.24, 2.45) is 0 Å². The van der Waals surface area contributed by atoms with Crippen LogP contribution in [0.2, 0.25) is 0 Å². The highest BCUT2D eigenvalue weighted by molar-refractivity contribution is 5.35. The van der Waals surface area contributed by atoms with Gasteiger partial charge in [-0.05, 0) is 45.1 Å². The number of aromatic nitrogens is 3. The predicted octanol–water partition coefficient (Wildman–Crippen LogP) is 1.65. The van der Waals surface area contributed by atoms with Crippen molar-refractivity contribution in [3.8, 4) is 5.69 Å². The van der Waals surface area contributed by atoms with Crippen molar-refractivity contribution in [2.45, 2.75) is 18.8 Å². The first-order chi connectivity index (χ1) is 10.1. The quantitative estimate of drug-likeness (QED) is 0.916. The molecule has 0 aliphatic carbocycles. The van der Waals surface area contributed by atoms with E-state index in [1.54, 1.807) is 0 Å². The number of rotatable bonds is 2. The zero-order valence-electron chi connectivity index (χ0n) is 11.6. The van der Waals surface area contributed by atoms with Gasteiger partial charge >= 0.3 is 5.69 Å². The molecule has 1 aliphatic rings. The monoisotopic (exact) mass is 294 g/mol. The fraction of sp³-hybridized carbons (Fsp3) is 0.429. The molecular formula is C14H16F2N4O. The Hall–Kier alpha value is -2.02. The molecule has 0 atom stereocenters. The number of likely N-dealkylation sites (tertiary alicyclic amines) is 1. The largest absolute Gasteiger partial charge is 0.348 e. The van der Waals surface area contributed by atoms with Crippen LogP contribution in [0.4, 0.5) is 8.78 Å². The Labute approximate surface area is 120 Å². The Morgan fingerprint density at radius 3 is 2.67 bits per heavy atom. The second kappa shape index (κ2) is 5.40. The molecule has 2 aromatic rings. The Morgan fingerprint density at radius 2 is 2.00 bits per heavy atom. The van der Waals surface area contributed by atoms with Gasteiger partial charge in [0.2, 0.25) is 0 Å². The Bertz CT molecular complexity index is 701. The van der Waals surface area contributed by atoms with Gasteiger partial charge in [0.1, 0.15) is 17.5 Å². The van der Waals surface area contributed by atoms with Crippen LogP contribution in [0.15, 0.2) is 23.0 Å². The molecule has 0 saturated carbocycles. The van der Waals surface area contributed by atoms with Gasteiger partial charge in [-0.15, -0.1) is 0 Å². The van der Waals surface area contributed by atoms with Crippen LogP contribution in [0.3, 0.4) is 0 Å². The zero-order chi connectivity index (χ0) is 15.0. The Morgan fingerprint density at radius 1 is 1.29 bits per heavy atom. The summed E-state index contributed by atoms with van der Waals surface area (Å²) in [5, 5.41) is 6.42. The fourth-order valence-corrected chi connectivity index (χ4v) is 2.75. The van der Waals surface area contributed by atoms with Crippen molar-refractivity contribution in [3.05, 3.63) is 46.1 Å². The number of benzene rings is 1. The molecule has 1 aromatic heterocycles. The number of halogens is 2. The SMILES string of the molecule is CN1CCC(c2n[nH]c(=O)n2-c2ccc(F)cc2F)CC1. The van der Waals surface area contributed by atoms with Gasteiger partial charge in [-0.3, -0.25) is 0 Å². The van der Waals surface area contributed by atoms with E-state index in [9.17, 15) is 13.6 Å². The lowest BCUT2D eigenvalue weighted by Gasteiger charge is -2.28. The smallest absolute Gasteiger partial charge is 0.306 e. The fourth-order valence-electron chi connectivity index (χ4n) is 2.75. The van der Waals surface area contributed by atoms with Crippen molar-refractivity contribution in [1.82, 2.24) is 19.7 Å². The van der Waals surface area contributed by atoms with Crippen LogP contribution >= 0.6 is 0 Å². The summed E-state index contributed by atoms with van der Waals surface area (Å²) in [5.74, 6) is -0.843. The number of piperidine rings is 1. The summed E-state index contributed by atoms with van der Waals surface area (Å²) in [5.41, 5.74) is -0.474. The van der Waals surface area contributed by atoms with Gasteiger partial charge in [0.05, 0.1) is 5.69 Å². The first-order valence-corrected chi connectivity index (χ1v) is 6.87. The van der Waals surface area contributed by atoms with E-state index in [0.717, 1.165) is 38.1 Å². The Kier molecular flexibility index (Phi) is 3.59. The third kappa shape index (κ3) is 2.61. The minimum Gasteiger partial charge on any atom is -0.306 e. The maximum Gasteiger partial charge on any atom is 0.348 e. The molecule has 0 spiro atoms. The third-order valence-electron chi connectivity index (χ3n) is 3.93. The van der Waals surface area contributed by atoms with Crippen LogP contribution in [-0.2, 0) is 0 Å². The molecule has 5 nitrogen and oxygen atoms in total. The zero-order valence-corrected chi connectivity index (χ0v) is 11.6. The van der Waals surface area contributed by atoms with E-state index >= 15 is 0 Å². The summed E-state index contributed by atoms with van der Waals surface area (Å²) >= 11 is 0. The lowest BCUT2D eigenvalue weighted by Crippen LogP contribution is -2.31. The van der Waals surface area contributed by atoms with E-state index in [1.807, 2.05) is 7.05 Å². The van der Waals surface area contributed by atoms with E-state index in [-0.39, 0.29) is 11.6 Å². The van der Waals surface area contributed by atoms with Crippen LogP contribution < -0.4 is 5.69 Å². The number of hydrogen-bond donors (Lipinski definition) is 1. The van der Waals surface area contributed by atoms with Gasteiger partial charge < -0.3 is 4.90 Å². The minimum atomic E-state index is -0.771. The molecule has 1 saturated heterocycles. The molecule has 0 bridgehead atoms. The number of nitrogens with one attached hydrogen (secondary N) is 1. The predicted molar refractivity (Wildman–Crippen MR) is 73.6 cm³/mol. The number of hydrogen-bond acceptors (Lipinski definition) is 3. The number of nitrogens with zero attached hydrogens (tertiary/aromatic N) is 3. The summed E-state index contributed by atoms with van der Waals surface area (Å²) in [4.78, 5) is 14.2. The van der Waals surface area contributed by atoms with Crippen molar-refractivity contribution >= 4 is 0 Å². The van der Waals surface area contributed by atoms with Gasteiger partial charge in [0.25, 0.3) is 0 Å². The van der Waals surface area contributed by atoms with E-state index in [0.29, 0.717) is 5.82 Å². The Balaban J connectivity index is 2.03. The van der Waals surface area contributed by atoms with E-state index in [4.69, 9.17) is 0 Å². The summed E-state index contributed by atoms with van der Waals surface area (Å²) in [6.45, 7) is 1.80. The van der Waals surface area contributed by atoms with Crippen LogP contribution in [-0.4, -0.2) is 39.8 Å². The highest BCUT2D eigenvalue weighted by Crippen LogP contribution is 2.27. The van der Waals surface area contributed by atoms with Crippen LogP contribution in [0.1, 0.15) is 24.6 Å². The number of H-pyrrole nitrogens is 1. The van der Waals surface area contributed by atoms with Gasteiger partial charge in [0.15, 0.2) is 0 Å². The lowest BCUT2D eigenvalue weighted by atomic mass is 9.96. The molecule has 1 N–H and O–H groups in total. The molecule has 0 amide bonds. The van der Waals surface area contributed by atoms with E-state index in [1.165, 1.54) is 10.6 Å².